The fourth-order valence-electron chi connectivity index (χ4n) is 2.73. The van der Waals surface area contributed by atoms with Gasteiger partial charge < -0.3 is 14.7 Å². The minimum atomic E-state index is -0.00234. The summed E-state index contributed by atoms with van der Waals surface area (Å²) in [5.74, 6) is 0.972. The highest BCUT2D eigenvalue weighted by molar-refractivity contribution is 6.17. The van der Waals surface area contributed by atoms with E-state index in [1.54, 1.807) is 23.2 Å². The number of carbonyl (C=O) groups is 1. The summed E-state index contributed by atoms with van der Waals surface area (Å²) in [5.41, 5.74) is 2.69. The van der Waals surface area contributed by atoms with Crippen LogP contribution in [0.15, 0.2) is 48.7 Å². The monoisotopic (exact) mass is 357 g/mol. The molecule has 1 aliphatic rings. The van der Waals surface area contributed by atoms with Gasteiger partial charge in [0.25, 0.3) is 0 Å². The van der Waals surface area contributed by atoms with Crippen LogP contribution in [0.1, 0.15) is 23.1 Å². The molecule has 0 saturated heterocycles. The Kier molecular flexibility index (Phi) is 5.61. The molecular weight excluding hydrogens is 338 g/mol. The Balaban J connectivity index is 1.78. The van der Waals surface area contributed by atoms with Crippen LogP contribution in [-0.4, -0.2) is 28.3 Å². The van der Waals surface area contributed by atoms with E-state index >= 15 is 0 Å². The summed E-state index contributed by atoms with van der Waals surface area (Å²) in [6.07, 6.45) is 4.64. The summed E-state index contributed by atoms with van der Waals surface area (Å²) in [6.45, 7) is 0.966. The molecule has 1 heterocycles. The molecule has 5 heteroatoms. The van der Waals surface area contributed by atoms with Crippen molar-refractivity contribution in [1.29, 1.82) is 0 Å². The van der Waals surface area contributed by atoms with Crippen molar-refractivity contribution in [3.05, 3.63) is 65.4 Å². The van der Waals surface area contributed by atoms with Gasteiger partial charge in [0, 0.05) is 18.6 Å². The average Bonchev–Trinajstić information content (AvgIpc) is 2.77. The fraction of sp³-hybridized carbons (Fsp3) is 0.250. The van der Waals surface area contributed by atoms with Gasteiger partial charge in [-0.15, -0.1) is 11.6 Å². The van der Waals surface area contributed by atoms with Gasteiger partial charge in [0.05, 0.1) is 6.42 Å². The summed E-state index contributed by atoms with van der Waals surface area (Å²) >= 11 is 5.71. The third-order valence-electron chi connectivity index (χ3n) is 4.09. The lowest BCUT2D eigenvalue weighted by Crippen LogP contribution is -2.27. The van der Waals surface area contributed by atoms with Gasteiger partial charge in [-0.05, 0) is 41.3 Å². The number of fused-ring (bicyclic) bond motifs is 1. The van der Waals surface area contributed by atoms with E-state index in [0.717, 1.165) is 23.1 Å². The molecule has 0 aliphatic carbocycles. The number of phenols is 1. The largest absolute Gasteiger partial charge is 0.504 e. The predicted molar refractivity (Wildman–Crippen MR) is 98.7 cm³/mol. The van der Waals surface area contributed by atoms with Crippen LogP contribution in [0, 0.1) is 0 Å². The van der Waals surface area contributed by atoms with Crippen LogP contribution < -0.4 is 4.74 Å². The minimum absolute atomic E-state index is 0.00234. The Hall–Kier alpha value is -2.46. The number of ether oxygens (including phenoxy) is 1. The lowest BCUT2D eigenvalue weighted by molar-refractivity contribution is -0.127. The van der Waals surface area contributed by atoms with Crippen molar-refractivity contribution in [2.24, 2.45) is 0 Å². The highest BCUT2D eigenvalue weighted by Crippen LogP contribution is 2.32. The number of benzene rings is 2. The molecule has 2 aromatic rings. The molecule has 1 amide bonds. The van der Waals surface area contributed by atoms with Crippen LogP contribution in [0.5, 0.6) is 11.5 Å². The fourth-order valence-corrected chi connectivity index (χ4v) is 2.85. The number of amides is 1. The SMILES string of the molecule is O=C1Cc2cc(O)c(OCc3ccccc3)cc2C=CN1CCCCl. The number of carbonyl (C=O) groups excluding carboxylic acids is 1. The first kappa shape index (κ1) is 17.4. The van der Waals surface area contributed by atoms with Gasteiger partial charge in [-0.1, -0.05) is 30.3 Å². The molecule has 0 atom stereocenters. The molecule has 0 fully saturated rings. The number of phenolic OH excluding ortho intramolecular Hbond substituents is 1. The van der Waals surface area contributed by atoms with E-state index < -0.39 is 0 Å². The van der Waals surface area contributed by atoms with E-state index in [4.69, 9.17) is 16.3 Å². The Labute approximate surface area is 152 Å². The van der Waals surface area contributed by atoms with Crippen molar-refractivity contribution in [1.82, 2.24) is 4.90 Å². The Morgan fingerprint density at radius 2 is 2.00 bits per heavy atom. The molecular formula is C20H20ClNO3. The van der Waals surface area contributed by atoms with Gasteiger partial charge in [0.2, 0.25) is 5.91 Å². The van der Waals surface area contributed by atoms with E-state index in [2.05, 4.69) is 0 Å². The predicted octanol–water partition coefficient (Wildman–Crippen LogP) is 3.96. The highest BCUT2D eigenvalue weighted by Gasteiger charge is 2.19. The zero-order valence-corrected chi connectivity index (χ0v) is 14.6. The molecule has 130 valence electrons. The second kappa shape index (κ2) is 8.08. The summed E-state index contributed by atoms with van der Waals surface area (Å²) in [4.78, 5) is 14.0. The van der Waals surface area contributed by atoms with Crippen LogP contribution in [0.2, 0.25) is 0 Å². The smallest absolute Gasteiger partial charge is 0.230 e. The molecule has 0 saturated carbocycles. The van der Waals surface area contributed by atoms with Gasteiger partial charge in [0.1, 0.15) is 6.61 Å². The number of nitrogens with zero attached hydrogens (tertiary/aromatic N) is 1. The van der Waals surface area contributed by atoms with Crippen molar-refractivity contribution < 1.29 is 14.6 Å². The lowest BCUT2D eigenvalue weighted by atomic mass is 10.0. The maximum Gasteiger partial charge on any atom is 0.230 e. The molecule has 3 rings (SSSR count). The minimum Gasteiger partial charge on any atom is -0.504 e. The Bertz CT molecular complexity index is 774. The van der Waals surface area contributed by atoms with E-state index in [1.807, 2.05) is 36.4 Å². The maximum absolute atomic E-state index is 12.3. The third kappa shape index (κ3) is 4.34. The molecule has 1 aliphatic heterocycles. The summed E-state index contributed by atoms with van der Waals surface area (Å²) in [5, 5.41) is 10.2. The summed E-state index contributed by atoms with van der Waals surface area (Å²) in [6, 6.07) is 13.2. The lowest BCUT2D eigenvalue weighted by Gasteiger charge is -2.16. The van der Waals surface area contributed by atoms with Crippen LogP contribution in [0.25, 0.3) is 6.08 Å². The van der Waals surface area contributed by atoms with Crippen molar-refractivity contribution in [3.63, 3.8) is 0 Å². The molecule has 0 unspecified atom stereocenters. The van der Waals surface area contributed by atoms with Gasteiger partial charge in [-0.2, -0.15) is 0 Å². The van der Waals surface area contributed by atoms with E-state index in [1.165, 1.54) is 0 Å². The van der Waals surface area contributed by atoms with E-state index in [-0.39, 0.29) is 18.1 Å². The van der Waals surface area contributed by atoms with Gasteiger partial charge >= 0.3 is 0 Å². The van der Waals surface area contributed by atoms with E-state index in [9.17, 15) is 9.90 Å². The number of rotatable bonds is 6. The quantitative estimate of drug-likeness (QED) is 0.796. The van der Waals surface area contributed by atoms with Crippen molar-refractivity contribution in [2.45, 2.75) is 19.4 Å². The first-order chi connectivity index (χ1) is 12.2. The average molecular weight is 358 g/mol. The molecule has 0 radical (unpaired) electrons. The molecule has 2 aromatic carbocycles. The summed E-state index contributed by atoms with van der Waals surface area (Å²) in [7, 11) is 0. The number of alkyl halides is 1. The van der Waals surface area contributed by atoms with Crippen molar-refractivity contribution in [3.8, 4) is 11.5 Å². The number of hydrogen-bond acceptors (Lipinski definition) is 3. The Morgan fingerprint density at radius 1 is 1.20 bits per heavy atom. The third-order valence-corrected chi connectivity index (χ3v) is 4.35. The van der Waals surface area contributed by atoms with Gasteiger partial charge in [0.15, 0.2) is 11.5 Å². The molecule has 0 aromatic heterocycles. The zero-order valence-electron chi connectivity index (χ0n) is 13.8. The molecule has 25 heavy (non-hydrogen) atoms. The van der Waals surface area contributed by atoms with Crippen LogP contribution in [0.3, 0.4) is 0 Å². The van der Waals surface area contributed by atoms with Gasteiger partial charge in [-0.25, -0.2) is 0 Å². The van der Waals surface area contributed by atoms with Crippen molar-refractivity contribution >= 4 is 23.6 Å². The molecule has 4 nitrogen and oxygen atoms in total. The highest BCUT2D eigenvalue weighted by atomic mass is 35.5. The first-order valence-electron chi connectivity index (χ1n) is 8.23. The summed E-state index contributed by atoms with van der Waals surface area (Å²) < 4.78 is 5.75. The standard InChI is InChI=1S/C20H20ClNO3/c21-8-4-9-22-10-7-16-12-19(18(23)11-17(16)13-20(22)24)25-14-15-5-2-1-3-6-15/h1-3,5-7,10-12,23H,4,8-9,13-14H2. The second-order valence-electron chi connectivity index (χ2n) is 5.92. The first-order valence-corrected chi connectivity index (χ1v) is 8.77. The molecule has 0 spiro atoms. The Morgan fingerprint density at radius 3 is 2.76 bits per heavy atom. The van der Waals surface area contributed by atoms with Crippen LogP contribution >= 0.6 is 11.6 Å². The number of halogens is 1. The zero-order chi connectivity index (χ0) is 17.6. The van der Waals surface area contributed by atoms with Crippen molar-refractivity contribution in [2.75, 3.05) is 12.4 Å². The molecule has 0 bridgehead atoms. The molecule has 1 N–H and O–H groups in total. The number of hydrogen-bond donors (Lipinski definition) is 1. The number of aromatic hydroxyl groups is 1. The van der Waals surface area contributed by atoms with Crippen LogP contribution in [-0.2, 0) is 17.8 Å². The van der Waals surface area contributed by atoms with E-state index in [0.29, 0.717) is 24.8 Å². The maximum atomic E-state index is 12.3. The second-order valence-corrected chi connectivity index (χ2v) is 6.29. The topological polar surface area (TPSA) is 49.8 Å². The van der Waals surface area contributed by atoms with Crippen LogP contribution in [0.4, 0.5) is 0 Å². The van der Waals surface area contributed by atoms with Gasteiger partial charge in [-0.3, -0.25) is 4.79 Å². The normalized spacial score (nSPS) is 13.5.